The lowest BCUT2D eigenvalue weighted by atomic mass is 10.5. The molecule has 0 unspecified atom stereocenters. The van der Waals surface area contributed by atoms with Crippen molar-refractivity contribution in [2.45, 2.75) is 6.18 Å². The van der Waals surface area contributed by atoms with Gasteiger partial charge in [-0.15, -0.1) is 0 Å². The SMILES string of the molecule is O=[N+]([O-])C(=C(F)F)C(F)(F)F. The lowest BCUT2D eigenvalue weighted by Crippen LogP contribution is -2.19. The summed E-state index contributed by atoms with van der Waals surface area (Å²) >= 11 is 0. The molecular weight excluding hydrogens is 177 g/mol. The molecule has 8 heteroatoms. The molecule has 0 aromatic carbocycles. The molecule has 0 N–H and O–H groups in total. The van der Waals surface area contributed by atoms with Crippen molar-refractivity contribution in [3.8, 4) is 0 Å². The lowest BCUT2D eigenvalue weighted by molar-refractivity contribution is -0.463. The standard InChI is InChI=1S/C3F5NO2/c4-2(5)1(9(10)11)3(6,7)8. The molecule has 0 atom stereocenters. The van der Waals surface area contributed by atoms with E-state index in [1.807, 2.05) is 0 Å². The maximum atomic E-state index is 11.2. The van der Waals surface area contributed by atoms with Crippen LogP contribution in [0.15, 0.2) is 11.8 Å². The lowest BCUT2D eigenvalue weighted by Gasteiger charge is -1.99. The number of hydrogen-bond acceptors (Lipinski definition) is 2. The molecule has 0 aliphatic heterocycles. The molecule has 0 fully saturated rings. The first-order valence-corrected chi connectivity index (χ1v) is 2.03. The molecule has 11 heavy (non-hydrogen) atoms. The number of hydrogen-bond donors (Lipinski definition) is 0. The first-order chi connectivity index (χ1) is 4.76. The van der Waals surface area contributed by atoms with Gasteiger partial charge in [-0.25, -0.2) is 0 Å². The maximum Gasteiger partial charge on any atom is 0.489 e. The topological polar surface area (TPSA) is 43.1 Å². The van der Waals surface area contributed by atoms with Crippen molar-refractivity contribution in [2.24, 2.45) is 0 Å². The molecule has 0 heterocycles. The van der Waals surface area contributed by atoms with Gasteiger partial charge in [-0.1, -0.05) is 0 Å². The minimum absolute atomic E-state index is 2.17. The zero-order valence-corrected chi connectivity index (χ0v) is 4.65. The minimum Gasteiger partial charge on any atom is -0.258 e. The summed E-state index contributed by atoms with van der Waals surface area (Å²) in [6.45, 7) is 0. The van der Waals surface area contributed by atoms with Crippen LogP contribution < -0.4 is 0 Å². The van der Waals surface area contributed by atoms with Crippen molar-refractivity contribution in [1.29, 1.82) is 0 Å². The van der Waals surface area contributed by atoms with Crippen LogP contribution in [0.4, 0.5) is 22.0 Å². The van der Waals surface area contributed by atoms with Gasteiger partial charge in [0.25, 0.3) is 0 Å². The molecule has 0 saturated heterocycles. The molecule has 0 aromatic rings. The summed E-state index contributed by atoms with van der Waals surface area (Å²) in [4.78, 5) is 7.16. The van der Waals surface area contributed by atoms with Crippen LogP contribution in [-0.4, -0.2) is 11.1 Å². The fourth-order valence-electron chi connectivity index (χ4n) is 0.280. The van der Waals surface area contributed by atoms with Crippen molar-refractivity contribution >= 4 is 0 Å². The highest BCUT2D eigenvalue weighted by atomic mass is 19.4. The Hall–Kier alpha value is -1.21. The first kappa shape index (κ1) is 9.79. The Bertz CT molecular complexity index is 202. The summed E-state index contributed by atoms with van der Waals surface area (Å²) in [5, 5.41) is 9.34. The number of nitrogens with zero attached hydrogens (tertiary/aromatic N) is 1. The van der Waals surface area contributed by atoms with Gasteiger partial charge in [0, 0.05) is 0 Å². The molecular formula is C3F5NO2. The Balaban J connectivity index is 4.96. The third-order valence-corrected chi connectivity index (χ3v) is 0.630. The van der Waals surface area contributed by atoms with E-state index in [9.17, 15) is 32.1 Å². The van der Waals surface area contributed by atoms with Gasteiger partial charge < -0.3 is 0 Å². The molecule has 0 rings (SSSR count). The highest BCUT2D eigenvalue weighted by Gasteiger charge is 2.49. The van der Waals surface area contributed by atoms with Crippen LogP contribution in [0.3, 0.4) is 0 Å². The van der Waals surface area contributed by atoms with E-state index in [1.54, 1.807) is 0 Å². The van der Waals surface area contributed by atoms with Gasteiger partial charge >= 0.3 is 18.0 Å². The van der Waals surface area contributed by atoms with Crippen LogP contribution in [0, 0.1) is 10.1 Å². The predicted molar refractivity (Wildman–Crippen MR) is 22.3 cm³/mol. The largest absolute Gasteiger partial charge is 0.489 e. The fraction of sp³-hybridized carbons (Fsp3) is 0.333. The quantitative estimate of drug-likeness (QED) is 0.349. The predicted octanol–water partition coefficient (Wildman–Crippen LogP) is 1.93. The highest BCUT2D eigenvalue weighted by molar-refractivity contribution is 4.98. The van der Waals surface area contributed by atoms with Gasteiger partial charge in [0.15, 0.2) is 0 Å². The van der Waals surface area contributed by atoms with Crippen LogP contribution >= 0.6 is 0 Å². The van der Waals surface area contributed by atoms with E-state index in [2.05, 4.69) is 0 Å². The van der Waals surface area contributed by atoms with Crippen LogP contribution in [0.1, 0.15) is 0 Å². The zero-order chi connectivity index (χ0) is 9.23. The second-order valence-electron chi connectivity index (χ2n) is 1.36. The monoisotopic (exact) mass is 177 g/mol. The summed E-state index contributed by atoms with van der Waals surface area (Å²) < 4.78 is 56.1. The zero-order valence-electron chi connectivity index (χ0n) is 4.65. The molecule has 0 bridgehead atoms. The van der Waals surface area contributed by atoms with Gasteiger partial charge in [-0.05, 0) is 0 Å². The Morgan fingerprint density at radius 2 is 1.64 bits per heavy atom. The first-order valence-electron chi connectivity index (χ1n) is 2.03. The maximum absolute atomic E-state index is 11.2. The third kappa shape index (κ3) is 2.48. The molecule has 0 aliphatic carbocycles. The summed E-state index contributed by atoms with van der Waals surface area (Å²) in [6.07, 6.45) is -8.95. The Labute approximate surface area is 56.3 Å². The number of nitro groups is 1. The highest BCUT2D eigenvalue weighted by Crippen LogP contribution is 2.29. The fourth-order valence-corrected chi connectivity index (χ4v) is 0.280. The molecule has 64 valence electrons. The second-order valence-corrected chi connectivity index (χ2v) is 1.36. The van der Waals surface area contributed by atoms with Crippen molar-refractivity contribution in [3.63, 3.8) is 0 Å². The van der Waals surface area contributed by atoms with Gasteiger partial charge in [-0.2, -0.15) is 22.0 Å². The van der Waals surface area contributed by atoms with Gasteiger partial charge in [0.1, 0.15) is 0 Å². The molecule has 0 aromatic heterocycles. The van der Waals surface area contributed by atoms with Crippen molar-refractivity contribution in [1.82, 2.24) is 0 Å². The number of alkyl halides is 3. The molecule has 0 spiro atoms. The summed E-state index contributed by atoms with van der Waals surface area (Å²) in [6, 6.07) is 0. The van der Waals surface area contributed by atoms with E-state index in [4.69, 9.17) is 0 Å². The molecule has 0 saturated carbocycles. The van der Waals surface area contributed by atoms with E-state index >= 15 is 0 Å². The second kappa shape index (κ2) is 2.81. The van der Waals surface area contributed by atoms with E-state index < -0.39 is 22.9 Å². The average Bonchev–Trinajstić information content (AvgIpc) is 1.54. The number of allylic oxidation sites excluding steroid dienone is 1. The van der Waals surface area contributed by atoms with E-state index in [-0.39, 0.29) is 0 Å². The Morgan fingerprint density at radius 1 is 1.27 bits per heavy atom. The summed E-state index contributed by atoms with van der Waals surface area (Å²) in [5.41, 5.74) is -3.02. The number of rotatable bonds is 1. The molecule has 3 nitrogen and oxygen atoms in total. The van der Waals surface area contributed by atoms with E-state index in [0.29, 0.717) is 0 Å². The summed E-state index contributed by atoms with van der Waals surface area (Å²) in [7, 11) is 0. The van der Waals surface area contributed by atoms with Crippen LogP contribution in [-0.2, 0) is 0 Å². The minimum atomic E-state index is -5.61. The molecule has 0 radical (unpaired) electrons. The number of halogens is 5. The van der Waals surface area contributed by atoms with Crippen molar-refractivity contribution in [2.75, 3.05) is 0 Å². The van der Waals surface area contributed by atoms with Crippen molar-refractivity contribution in [3.05, 3.63) is 21.9 Å². The van der Waals surface area contributed by atoms with Crippen LogP contribution in [0.5, 0.6) is 0 Å². The smallest absolute Gasteiger partial charge is 0.258 e. The van der Waals surface area contributed by atoms with Gasteiger partial charge in [-0.3, -0.25) is 10.1 Å². The molecule has 0 amide bonds. The van der Waals surface area contributed by atoms with E-state index in [1.165, 1.54) is 0 Å². The average molecular weight is 177 g/mol. The van der Waals surface area contributed by atoms with Gasteiger partial charge in [0.05, 0.1) is 4.92 Å². The van der Waals surface area contributed by atoms with Crippen molar-refractivity contribution < 1.29 is 26.9 Å². The normalized spacial score (nSPS) is 11.0. The molecule has 0 aliphatic rings. The van der Waals surface area contributed by atoms with Crippen LogP contribution in [0.2, 0.25) is 0 Å². The third-order valence-electron chi connectivity index (χ3n) is 0.630. The summed E-state index contributed by atoms with van der Waals surface area (Å²) in [5.74, 6) is 0. The Kier molecular flexibility index (Phi) is 2.50. The van der Waals surface area contributed by atoms with Gasteiger partial charge in [0.2, 0.25) is 0 Å². The van der Waals surface area contributed by atoms with Crippen LogP contribution in [0.25, 0.3) is 0 Å². The Morgan fingerprint density at radius 3 is 1.64 bits per heavy atom. The van der Waals surface area contributed by atoms with E-state index in [0.717, 1.165) is 0 Å².